The van der Waals surface area contributed by atoms with Gasteiger partial charge in [-0.2, -0.15) is 0 Å². The van der Waals surface area contributed by atoms with E-state index < -0.39 is 0 Å². The molecule has 1 atom stereocenters. The summed E-state index contributed by atoms with van der Waals surface area (Å²) in [5, 5.41) is 0.639. The van der Waals surface area contributed by atoms with E-state index in [2.05, 4.69) is 9.80 Å². The van der Waals surface area contributed by atoms with E-state index in [9.17, 15) is 0 Å². The van der Waals surface area contributed by atoms with Crippen LogP contribution in [-0.2, 0) is 11.3 Å². The molecule has 0 N–H and O–H groups in total. The van der Waals surface area contributed by atoms with Gasteiger partial charge in [0.25, 0.3) is 0 Å². The number of hydrogen-bond acceptors (Lipinski definition) is 5. The van der Waals surface area contributed by atoms with Crippen molar-refractivity contribution in [2.45, 2.75) is 31.8 Å². The molecule has 6 heteroatoms. The van der Waals surface area contributed by atoms with Crippen LogP contribution in [0.3, 0.4) is 0 Å². The zero-order valence-corrected chi connectivity index (χ0v) is 16.1. The van der Waals surface area contributed by atoms with Crippen molar-refractivity contribution in [1.82, 2.24) is 9.80 Å². The number of nitrogens with zero attached hydrogens (tertiary/aromatic N) is 2. The quantitative estimate of drug-likeness (QED) is 0.771. The molecule has 0 bridgehead atoms. The maximum absolute atomic E-state index is 6.35. The molecule has 1 aromatic carbocycles. The van der Waals surface area contributed by atoms with Crippen LogP contribution < -0.4 is 9.47 Å². The van der Waals surface area contributed by atoms with E-state index in [-0.39, 0.29) is 0 Å². The smallest absolute Gasteiger partial charge is 0.141 e. The summed E-state index contributed by atoms with van der Waals surface area (Å²) >= 11 is 6.35. The zero-order chi connectivity index (χ0) is 17.6. The molecule has 1 aromatic rings. The predicted octanol–water partition coefficient (Wildman–Crippen LogP) is 3.04. The molecule has 0 radical (unpaired) electrons. The molecule has 140 valence electrons. The van der Waals surface area contributed by atoms with E-state index in [4.69, 9.17) is 25.8 Å². The third-order valence-corrected chi connectivity index (χ3v) is 5.55. The number of benzene rings is 1. The molecule has 0 spiro atoms. The highest BCUT2D eigenvalue weighted by Gasteiger charge is 2.26. The van der Waals surface area contributed by atoms with Gasteiger partial charge in [-0.3, -0.25) is 9.80 Å². The minimum absolute atomic E-state index is 0.581. The second-order valence-corrected chi connectivity index (χ2v) is 7.24. The number of halogens is 1. The maximum Gasteiger partial charge on any atom is 0.141 e. The van der Waals surface area contributed by atoms with Crippen LogP contribution in [0.1, 0.15) is 24.8 Å². The van der Waals surface area contributed by atoms with Crippen LogP contribution in [-0.4, -0.2) is 69.5 Å². The summed E-state index contributed by atoms with van der Waals surface area (Å²) in [6.07, 6.45) is 3.82. The molecule has 2 aliphatic heterocycles. The largest absolute Gasteiger partial charge is 0.496 e. The standard InChI is InChI=1S/C19H29ClN2O3/c1-23-18-12-19(24-2)17(20)11-15(18)13-22-6-4-3-5-16(22)14-21-7-9-25-10-8-21/h11-12,16H,3-10,13-14H2,1-2H3/t16-/m1/s1. The Balaban J connectivity index is 1.71. The van der Waals surface area contributed by atoms with Gasteiger partial charge in [0.2, 0.25) is 0 Å². The summed E-state index contributed by atoms with van der Waals surface area (Å²) in [6.45, 7) is 6.91. The molecule has 2 aliphatic rings. The number of piperidine rings is 1. The second-order valence-electron chi connectivity index (χ2n) is 6.83. The third kappa shape index (κ3) is 4.79. The topological polar surface area (TPSA) is 34.2 Å². The number of ether oxygens (including phenoxy) is 3. The summed E-state index contributed by atoms with van der Waals surface area (Å²) in [7, 11) is 3.33. The van der Waals surface area contributed by atoms with E-state index in [1.54, 1.807) is 14.2 Å². The second kappa shape index (κ2) is 9.08. The van der Waals surface area contributed by atoms with Crippen molar-refractivity contribution >= 4 is 11.6 Å². The van der Waals surface area contributed by atoms with Crippen LogP contribution in [0.15, 0.2) is 12.1 Å². The molecule has 0 aromatic heterocycles. The molecule has 0 saturated carbocycles. The first-order valence-electron chi connectivity index (χ1n) is 9.16. The van der Waals surface area contributed by atoms with Gasteiger partial charge in [-0.05, 0) is 25.5 Å². The maximum atomic E-state index is 6.35. The van der Waals surface area contributed by atoms with Crippen LogP contribution in [0, 0.1) is 0 Å². The molecule has 0 amide bonds. The van der Waals surface area contributed by atoms with E-state index >= 15 is 0 Å². The Bertz CT molecular complexity index is 564. The van der Waals surface area contributed by atoms with Crippen molar-refractivity contribution in [2.24, 2.45) is 0 Å². The highest BCUT2D eigenvalue weighted by atomic mass is 35.5. The molecule has 3 rings (SSSR count). The minimum Gasteiger partial charge on any atom is -0.496 e. The number of likely N-dealkylation sites (tertiary alicyclic amines) is 1. The van der Waals surface area contributed by atoms with Gasteiger partial charge in [0.15, 0.2) is 0 Å². The Hall–Kier alpha value is -1.01. The van der Waals surface area contributed by atoms with Gasteiger partial charge in [0.05, 0.1) is 32.5 Å². The van der Waals surface area contributed by atoms with Crippen molar-refractivity contribution in [3.8, 4) is 11.5 Å². The van der Waals surface area contributed by atoms with Crippen LogP contribution in [0.5, 0.6) is 11.5 Å². The van der Waals surface area contributed by atoms with Gasteiger partial charge < -0.3 is 14.2 Å². The van der Waals surface area contributed by atoms with Crippen molar-refractivity contribution in [2.75, 3.05) is 53.6 Å². The molecular weight excluding hydrogens is 340 g/mol. The summed E-state index contributed by atoms with van der Waals surface area (Å²) < 4.78 is 16.4. The first-order chi connectivity index (χ1) is 12.2. The first kappa shape index (κ1) is 18.8. The Labute approximate surface area is 155 Å². The molecule has 2 fully saturated rings. The van der Waals surface area contributed by atoms with Crippen LogP contribution in [0.2, 0.25) is 5.02 Å². The highest BCUT2D eigenvalue weighted by Crippen LogP contribution is 2.34. The normalized spacial score (nSPS) is 22.8. The number of methoxy groups -OCH3 is 2. The number of hydrogen-bond donors (Lipinski definition) is 0. The summed E-state index contributed by atoms with van der Waals surface area (Å²) in [5.41, 5.74) is 1.13. The Kier molecular flexibility index (Phi) is 6.82. The van der Waals surface area contributed by atoms with Crippen molar-refractivity contribution in [1.29, 1.82) is 0 Å². The Morgan fingerprint density at radius 3 is 2.56 bits per heavy atom. The van der Waals surface area contributed by atoms with E-state index in [1.165, 1.54) is 19.3 Å². The lowest BCUT2D eigenvalue weighted by atomic mass is 10.00. The predicted molar refractivity (Wildman–Crippen MR) is 99.9 cm³/mol. The fourth-order valence-corrected chi connectivity index (χ4v) is 4.08. The van der Waals surface area contributed by atoms with Gasteiger partial charge in [0.1, 0.15) is 11.5 Å². The minimum atomic E-state index is 0.581. The zero-order valence-electron chi connectivity index (χ0n) is 15.3. The molecule has 0 aliphatic carbocycles. The summed E-state index contributed by atoms with van der Waals surface area (Å²) in [4.78, 5) is 5.12. The van der Waals surface area contributed by atoms with E-state index in [0.717, 1.165) is 57.3 Å². The molecule has 5 nitrogen and oxygen atoms in total. The Morgan fingerprint density at radius 1 is 1.08 bits per heavy atom. The van der Waals surface area contributed by atoms with Gasteiger partial charge in [0, 0.05) is 43.9 Å². The van der Waals surface area contributed by atoms with Crippen LogP contribution in [0.4, 0.5) is 0 Å². The average Bonchev–Trinajstić information content (AvgIpc) is 2.64. The summed E-state index contributed by atoms with van der Waals surface area (Å²) in [5.74, 6) is 1.50. The number of morpholine rings is 1. The van der Waals surface area contributed by atoms with Crippen molar-refractivity contribution in [3.63, 3.8) is 0 Å². The van der Waals surface area contributed by atoms with Crippen molar-refractivity contribution < 1.29 is 14.2 Å². The van der Waals surface area contributed by atoms with Gasteiger partial charge in [-0.15, -0.1) is 0 Å². The SMILES string of the molecule is COc1cc(OC)c(CN2CCCC[C@@H]2CN2CCOCC2)cc1Cl. The number of rotatable bonds is 6. The van der Waals surface area contributed by atoms with Crippen LogP contribution >= 0.6 is 11.6 Å². The average molecular weight is 369 g/mol. The lowest BCUT2D eigenvalue weighted by Crippen LogP contribution is -2.49. The van der Waals surface area contributed by atoms with E-state index in [0.29, 0.717) is 16.8 Å². The van der Waals surface area contributed by atoms with Gasteiger partial charge in [-0.1, -0.05) is 18.0 Å². The third-order valence-electron chi connectivity index (χ3n) is 5.25. The lowest BCUT2D eigenvalue weighted by Gasteiger charge is -2.40. The first-order valence-corrected chi connectivity index (χ1v) is 9.53. The molecule has 25 heavy (non-hydrogen) atoms. The fourth-order valence-electron chi connectivity index (χ4n) is 3.82. The molecule has 2 saturated heterocycles. The van der Waals surface area contributed by atoms with E-state index in [1.807, 2.05) is 12.1 Å². The van der Waals surface area contributed by atoms with Gasteiger partial charge >= 0.3 is 0 Å². The van der Waals surface area contributed by atoms with Gasteiger partial charge in [-0.25, -0.2) is 0 Å². The monoisotopic (exact) mass is 368 g/mol. The summed E-state index contributed by atoms with van der Waals surface area (Å²) in [6, 6.07) is 4.45. The Morgan fingerprint density at radius 2 is 1.84 bits per heavy atom. The molecular formula is C19H29ClN2O3. The lowest BCUT2D eigenvalue weighted by molar-refractivity contribution is 0.0152. The fraction of sp³-hybridized carbons (Fsp3) is 0.684. The highest BCUT2D eigenvalue weighted by molar-refractivity contribution is 6.32. The molecule has 2 heterocycles. The van der Waals surface area contributed by atoms with Crippen LogP contribution in [0.25, 0.3) is 0 Å². The molecule has 0 unspecified atom stereocenters. The van der Waals surface area contributed by atoms with Crippen molar-refractivity contribution in [3.05, 3.63) is 22.7 Å².